The molecule has 0 spiro atoms. The molecule has 0 aliphatic carbocycles. The van der Waals surface area contributed by atoms with Gasteiger partial charge in [0.05, 0.1) is 19.9 Å². The van der Waals surface area contributed by atoms with Gasteiger partial charge in [-0.2, -0.15) is 0 Å². The molecule has 0 amide bonds. The lowest BCUT2D eigenvalue weighted by atomic mass is 10.5. The van der Waals surface area contributed by atoms with Crippen LogP contribution in [-0.2, 0) is 20.1 Å². The summed E-state index contributed by atoms with van der Waals surface area (Å²) in [4.78, 5) is 4.03. The highest BCUT2D eigenvalue weighted by molar-refractivity contribution is 4.87. The quantitative estimate of drug-likeness (QED) is 0.536. The van der Waals surface area contributed by atoms with Gasteiger partial charge in [0.15, 0.2) is 0 Å². The summed E-state index contributed by atoms with van der Waals surface area (Å²) in [5, 5.41) is 0. The van der Waals surface area contributed by atoms with Gasteiger partial charge in [-0.25, -0.2) is 14.1 Å². The van der Waals surface area contributed by atoms with Crippen molar-refractivity contribution in [2.24, 2.45) is 7.05 Å². The summed E-state index contributed by atoms with van der Waals surface area (Å²) in [6, 6.07) is 0. The first-order valence-electron chi connectivity index (χ1n) is 4.80. The van der Waals surface area contributed by atoms with Gasteiger partial charge in [-0.1, -0.05) is 0 Å². The van der Waals surface area contributed by atoms with Crippen LogP contribution in [0.2, 0.25) is 0 Å². The molecule has 0 aromatic carbocycles. The number of hydrogen-bond donors (Lipinski definition) is 0. The third-order valence-corrected chi connectivity index (χ3v) is 2.43. The molecule has 0 atom stereocenters. The summed E-state index contributed by atoms with van der Waals surface area (Å²) in [5.41, 5.74) is 0. The molecule has 0 bridgehead atoms. The second-order valence-corrected chi connectivity index (χ2v) is 3.35. The van der Waals surface area contributed by atoms with Crippen molar-refractivity contribution in [3.8, 4) is 0 Å². The monoisotopic (exact) mass is 226 g/mol. The van der Waals surface area contributed by atoms with E-state index in [2.05, 4.69) is 45.1 Å². The molecule has 2 rings (SSSR count). The van der Waals surface area contributed by atoms with Gasteiger partial charge < -0.3 is 17.0 Å². The normalized spacial score (nSPS) is 10.0. The molecule has 0 saturated carbocycles. The molecule has 15 heavy (non-hydrogen) atoms. The average Bonchev–Trinajstić information content (AvgIpc) is 2.79. The van der Waals surface area contributed by atoms with Crippen LogP contribution in [0.15, 0.2) is 31.1 Å². The molecule has 5 heteroatoms. The SMILES string of the molecule is CCn1cc[n+](C)c1Cn1ccnc1.[Cl-]. The van der Waals surface area contributed by atoms with Crippen LogP contribution in [0.1, 0.15) is 12.7 Å². The Labute approximate surface area is 95.6 Å². The van der Waals surface area contributed by atoms with E-state index >= 15 is 0 Å². The molecular formula is C10H15ClN4. The fourth-order valence-electron chi connectivity index (χ4n) is 1.59. The molecule has 2 heterocycles. The highest BCUT2D eigenvalue weighted by Gasteiger charge is 2.12. The summed E-state index contributed by atoms with van der Waals surface area (Å²) in [6.07, 6.45) is 9.81. The van der Waals surface area contributed by atoms with Gasteiger partial charge in [-0.15, -0.1) is 0 Å². The van der Waals surface area contributed by atoms with Crippen LogP contribution in [0.4, 0.5) is 0 Å². The predicted octanol–water partition coefficient (Wildman–Crippen LogP) is -2.42. The van der Waals surface area contributed by atoms with Gasteiger partial charge in [0, 0.05) is 12.4 Å². The van der Waals surface area contributed by atoms with Crippen molar-refractivity contribution in [2.45, 2.75) is 20.0 Å². The minimum absolute atomic E-state index is 0. The second kappa shape index (κ2) is 4.98. The van der Waals surface area contributed by atoms with E-state index in [0.717, 1.165) is 13.1 Å². The molecule has 0 unspecified atom stereocenters. The molecule has 0 fully saturated rings. The Hall–Kier alpha value is -1.29. The Morgan fingerprint density at radius 3 is 2.80 bits per heavy atom. The number of nitrogens with zero attached hydrogens (tertiary/aromatic N) is 4. The van der Waals surface area contributed by atoms with Crippen molar-refractivity contribution in [3.63, 3.8) is 0 Å². The first-order chi connectivity index (χ1) is 6.81. The molecule has 0 radical (unpaired) electrons. The largest absolute Gasteiger partial charge is 1.00 e. The molecular weight excluding hydrogens is 212 g/mol. The van der Waals surface area contributed by atoms with Crippen molar-refractivity contribution >= 4 is 0 Å². The highest BCUT2D eigenvalue weighted by atomic mass is 35.5. The molecule has 82 valence electrons. The van der Waals surface area contributed by atoms with E-state index in [1.807, 2.05) is 12.5 Å². The third-order valence-electron chi connectivity index (χ3n) is 2.43. The first-order valence-corrected chi connectivity index (χ1v) is 4.80. The summed E-state index contributed by atoms with van der Waals surface area (Å²) in [6.45, 7) is 4.03. The van der Waals surface area contributed by atoms with E-state index in [0.29, 0.717) is 0 Å². The summed E-state index contributed by atoms with van der Waals surface area (Å²) < 4.78 is 6.45. The van der Waals surface area contributed by atoms with Gasteiger partial charge >= 0.3 is 0 Å². The smallest absolute Gasteiger partial charge is 0.276 e. The Morgan fingerprint density at radius 1 is 1.40 bits per heavy atom. The minimum atomic E-state index is 0. The van der Waals surface area contributed by atoms with E-state index in [1.54, 1.807) is 6.20 Å². The third kappa shape index (κ3) is 2.39. The Morgan fingerprint density at radius 2 is 2.20 bits per heavy atom. The summed E-state index contributed by atoms with van der Waals surface area (Å²) in [5.74, 6) is 1.28. The van der Waals surface area contributed by atoms with Gasteiger partial charge in [-0.05, 0) is 6.92 Å². The fraction of sp³-hybridized carbons (Fsp3) is 0.400. The Balaban J connectivity index is 0.00000112. The fourth-order valence-corrected chi connectivity index (χ4v) is 1.59. The van der Waals surface area contributed by atoms with Crippen LogP contribution in [0.5, 0.6) is 0 Å². The van der Waals surface area contributed by atoms with Crippen LogP contribution in [0, 0.1) is 0 Å². The second-order valence-electron chi connectivity index (χ2n) is 3.35. The standard InChI is InChI=1S/C10H15N4.ClH/c1-3-14-7-6-12(2)10(14)8-13-5-4-11-9-13;/h4-7,9H,3,8H2,1-2H3;1H/q+1;/p-1. The number of halogens is 1. The maximum absolute atomic E-state index is 4.03. The molecule has 0 aliphatic rings. The molecule has 4 nitrogen and oxygen atoms in total. The lowest BCUT2D eigenvalue weighted by Crippen LogP contribution is -3.00. The van der Waals surface area contributed by atoms with E-state index in [4.69, 9.17) is 0 Å². The topological polar surface area (TPSA) is 26.6 Å². The predicted molar refractivity (Wildman–Crippen MR) is 52.6 cm³/mol. The average molecular weight is 227 g/mol. The number of hydrogen-bond acceptors (Lipinski definition) is 1. The van der Waals surface area contributed by atoms with Crippen LogP contribution < -0.4 is 17.0 Å². The van der Waals surface area contributed by atoms with Crippen LogP contribution in [-0.4, -0.2) is 14.1 Å². The molecule has 2 aromatic rings. The van der Waals surface area contributed by atoms with Gasteiger partial charge in [0.2, 0.25) is 0 Å². The van der Waals surface area contributed by atoms with Crippen LogP contribution in [0.25, 0.3) is 0 Å². The molecule has 0 aliphatic heterocycles. The van der Waals surface area contributed by atoms with Gasteiger partial charge in [0.25, 0.3) is 5.82 Å². The zero-order valence-electron chi connectivity index (χ0n) is 8.97. The van der Waals surface area contributed by atoms with Crippen LogP contribution >= 0.6 is 0 Å². The first kappa shape index (κ1) is 11.8. The van der Waals surface area contributed by atoms with Gasteiger partial charge in [-0.3, -0.25) is 0 Å². The summed E-state index contributed by atoms with van der Waals surface area (Å²) >= 11 is 0. The molecule has 0 N–H and O–H groups in total. The van der Waals surface area contributed by atoms with E-state index in [1.165, 1.54) is 5.82 Å². The summed E-state index contributed by atoms with van der Waals surface area (Å²) in [7, 11) is 2.07. The van der Waals surface area contributed by atoms with Crippen LogP contribution in [0.3, 0.4) is 0 Å². The zero-order chi connectivity index (χ0) is 9.97. The zero-order valence-corrected chi connectivity index (χ0v) is 9.72. The lowest BCUT2D eigenvalue weighted by molar-refractivity contribution is -0.679. The maximum atomic E-state index is 4.03. The van der Waals surface area contributed by atoms with E-state index in [-0.39, 0.29) is 12.4 Å². The van der Waals surface area contributed by atoms with Crippen molar-refractivity contribution in [1.29, 1.82) is 0 Å². The Bertz CT molecular complexity index is 405. The number of aryl methyl sites for hydroxylation is 2. The highest BCUT2D eigenvalue weighted by Crippen LogP contribution is 1.98. The number of imidazole rings is 2. The maximum Gasteiger partial charge on any atom is 0.276 e. The minimum Gasteiger partial charge on any atom is -1.00 e. The molecule has 2 aromatic heterocycles. The van der Waals surface area contributed by atoms with Crippen molar-refractivity contribution < 1.29 is 17.0 Å². The van der Waals surface area contributed by atoms with Gasteiger partial charge in [0.1, 0.15) is 18.9 Å². The Kier molecular flexibility index (Phi) is 3.91. The lowest BCUT2D eigenvalue weighted by Gasteiger charge is -2.01. The van der Waals surface area contributed by atoms with Crippen molar-refractivity contribution in [3.05, 3.63) is 36.9 Å². The van der Waals surface area contributed by atoms with Crippen molar-refractivity contribution in [1.82, 2.24) is 14.1 Å². The molecule has 0 saturated heterocycles. The van der Waals surface area contributed by atoms with E-state index in [9.17, 15) is 0 Å². The number of rotatable bonds is 3. The van der Waals surface area contributed by atoms with Crippen molar-refractivity contribution in [2.75, 3.05) is 0 Å². The number of aromatic nitrogens is 4. The van der Waals surface area contributed by atoms with E-state index < -0.39 is 0 Å².